The molecule has 2 N–H and O–H groups in total. The minimum atomic E-state index is -3.65. The Labute approximate surface area is 143 Å². The highest BCUT2D eigenvalue weighted by Gasteiger charge is 2.15. The molecule has 0 radical (unpaired) electrons. The molecule has 2 heterocycles. The number of nitrogens with one attached hydrogen (secondary N) is 2. The first-order valence-corrected chi connectivity index (χ1v) is 9.38. The number of amides is 1. The number of anilines is 1. The highest BCUT2D eigenvalue weighted by Crippen LogP contribution is 2.17. The van der Waals surface area contributed by atoms with E-state index >= 15 is 0 Å². The number of benzene rings is 1. The van der Waals surface area contributed by atoms with Gasteiger partial charge in [-0.3, -0.25) is 4.79 Å². The van der Waals surface area contributed by atoms with Crippen molar-refractivity contribution in [2.24, 2.45) is 0 Å². The summed E-state index contributed by atoms with van der Waals surface area (Å²) in [7, 11) is -3.65. The average molecular weight is 362 g/mol. The summed E-state index contributed by atoms with van der Waals surface area (Å²) in [5, 5.41) is 4.53. The maximum atomic E-state index is 12.2. The summed E-state index contributed by atoms with van der Waals surface area (Å²) in [5.41, 5.74) is 0.526. The van der Waals surface area contributed by atoms with Gasteiger partial charge in [-0.25, -0.2) is 13.1 Å². The molecule has 2 aromatic heterocycles. The van der Waals surface area contributed by atoms with Gasteiger partial charge < -0.3 is 9.73 Å². The fourth-order valence-corrected chi connectivity index (χ4v) is 3.59. The predicted octanol–water partition coefficient (Wildman–Crippen LogP) is 3.07. The van der Waals surface area contributed by atoms with Crippen molar-refractivity contribution in [2.45, 2.75) is 11.4 Å². The number of thiophene rings is 1. The van der Waals surface area contributed by atoms with Crippen molar-refractivity contribution in [3.05, 3.63) is 70.8 Å². The lowest BCUT2D eigenvalue weighted by Crippen LogP contribution is -2.23. The molecule has 0 unspecified atom stereocenters. The van der Waals surface area contributed by atoms with Gasteiger partial charge in [0.15, 0.2) is 0 Å². The molecular formula is C16H14N2O4S2. The summed E-state index contributed by atoms with van der Waals surface area (Å²) in [6.45, 7) is 0.0756. The van der Waals surface area contributed by atoms with Crippen molar-refractivity contribution in [2.75, 3.05) is 5.32 Å². The number of carbonyl (C=O) groups excluding carboxylic acids is 1. The van der Waals surface area contributed by atoms with Crippen LogP contribution in [-0.4, -0.2) is 14.3 Å². The van der Waals surface area contributed by atoms with E-state index < -0.39 is 10.0 Å². The molecule has 8 heteroatoms. The first-order valence-electron chi connectivity index (χ1n) is 7.01. The topological polar surface area (TPSA) is 88.4 Å². The van der Waals surface area contributed by atoms with E-state index in [1.165, 1.54) is 29.7 Å². The standard InChI is InChI=1S/C16H14N2O4S2/c19-16(15-4-2-10-23-15)18-12-5-7-14(8-6-12)24(20,21)17-11-13-3-1-9-22-13/h1-10,17H,11H2,(H,18,19). The van der Waals surface area contributed by atoms with Crippen LogP contribution >= 0.6 is 11.3 Å². The van der Waals surface area contributed by atoms with E-state index in [2.05, 4.69) is 10.0 Å². The van der Waals surface area contributed by atoms with Gasteiger partial charge in [-0.2, -0.15) is 0 Å². The minimum absolute atomic E-state index is 0.0756. The molecule has 3 aromatic rings. The summed E-state index contributed by atoms with van der Waals surface area (Å²) >= 11 is 1.34. The second-order valence-electron chi connectivity index (χ2n) is 4.86. The second-order valence-corrected chi connectivity index (χ2v) is 7.57. The van der Waals surface area contributed by atoms with Crippen LogP contribution in [0.5, 0.6) is 0 Å². The minimum Gasteiger partial charge on any atom is -0.468 e. The highest BCUT2D eigenvalue weighted by molar-refractivity contribution is 7.89. The summed E-state index contributed by atoms with van der Waals surface area (Å²) < 4.78 is 32.0. The van der Waals surface area contributed by atoms with Crippen LogP contribution in [-0.2, 0) is 16.6 Å². The quantitative estimate of drug-likeness (QED) is 0.705. The normalized spacial score (nSPS) is 11.3. The summed E-state index contributed by atoms with van der Waals surface area (Å²) in [6.07, 6.45) is 1.48. The molecule has 6 nitrogen and oxygen atoms in total. The van der Waals surface area contributed by atoms with Crippen LogP contribution in [0.3, 0.4) is 0 Å². The van der Waals surface area contributed by atoms with Gasteiger partial charge >= 0.3 is 0 Å². The van der Waals surface area contributed by atoms with Gasteiger partial charge in [-0.1, -0.05) is 6.07 Å². The maximum absolute atomic E-state index is 12.2. The fourth-order valence-electron chi connectivity index (χ4n) is 1.98. The molecule has 0 saturated carbocycles. The summed E-state index contributed by atoms with van der Waals surface area (Å²) in [5.74, 6) is 0.301. The van der Waals surface area contributed by atoms with E-state index in [0.29, 0.717) is 16.3 Å². The first kappa shape index (κ1) is 16.4. The van der Waals surface area contributed by atoms with E-state index in [0.717, 1.165) is 0 Å². The van der Waals surface area contributed by atoms with Crippen LogP contribution in [0.25, 0.3) is 0 Å². The fraction of sp³-hybridized carbons (Fsp3) is 0.0625. The number of hydrogen-bond donors (Lipinski definition) is 2. The van der Waals surface area contributed by atoms with Gasteiger partial charge in [-0.05, 0) is 47.8 Å². The molecule has 0 fully saturated rings. The van der Waals surface area contributed by atoms with Gasteiger partial charge in [0.05, 0.1) is 22.6 Å². The number of rotatable bonds is 6. The van der Waals surface area contributed by atoms with Gasteiger partial charge in [-0.15, -0.1) is 11.3 Å². The molecule has 0 bridgehead atoms. The summed E-state index contributed by atoms with van der Waals surface area (Å²) in [4.78, 5) is 12.7. The van der Waals surface area contributed by atoms with Crippen molar-refractivity contribution in [1.29, 1.82) is 0 Å². The van der Waals surface area contributed by atoms with E-state index in [9.17, 15) is 13.2 Å². The van der Waals surface area contributed by atoms with Gasteiger partial charge in [0.1, 0.15) is 5.76 Å². The van der Waals surface area contributed by atoms with Crippen LogP contribution in [0.1, 0.15) is 15.4 Å². The number of carbonyl (C=O) groups is 1. The van der Waals surface area contributed by atoms with Crippen LogP contribution in [0, 0.1) is 0 Å². The van der Waals surface area contributed by atoms with E-state index in [1.807, 2.05) is 5.38 Å². The predicted molar refractivity (Wildman–Crippen MR) is 91.4 cm³/mol. The molecule has 0 aliphatic carbocycles. The Kier molecular flexibility index (Phi) is 4.79. The molecule has 0 atom stereocenters. The molecule has 124 valence electrons. The largest absolute Gasteiger partial charge is 0.468 e. The summed E-state index contributed by atoms with van der Waals surface area (Å²) in [6, 6.07) is 12.9. The Morgan fingerprint density at radius 2 is 1.88 bits per heavy atom. The van der Waals surface area contributed by atoms with Gasteiger partial charge in [0.2, 0.25) is 10.0 Å². The molecule has 0 aliphatic rings. The average Bonchev–Trinajstić information content (AvgIpc) is 3.27. The number of sulfonamides is 1. The first-order chi connectivity index (χ1) is 11.5. The highest BCUT2D eigenvalue weighted by atomic mass is 32.2. The van der Waals surface area contributed by atoms with Crippen LogP contribution in [0.2, 0.25) is 0 Å². The third-order valence-corrected chi connectivity index (χ3v) is 5.47. The van der Waals surface area contributed by atoms with E-state index in [1.54, 1.807) is 36.4 Å². The van der Waals surface area contributed by atoms with E-state index in [4.69, 9.17) is 4.42 Å². The molecule has 1 amide bonds. The van der Waals surface area contributed by atoms with Crippen LogP contribution in [0.4, 0.5) is 5.69 Å². The Morgan fingerprint density at radius 3 is 2.50 bits per heavy atom. The third kappa shape index (κ3) is 3.91. The van der Waals surface area contributed by atoms with Gasteiger partial charge in [0.25, 0.3) is 5.91 Å². The van der Waals surface area contributed by atoms with Crippen molar-refractivity contribution >= 4 is 33.0 Å². The zero-order chi connectivity index (χ0) is 17.0. The van der Waals surface area contributed by atoms with E-state index in [-0.39, 0.29) is 17.3 Å². The maximum Gasteiger partial charge on any atom is 0.265 e. The van der Waals surface area contributed by atoms with Crippen LogP contribution < -0.4 is 10.0 Å². The molecule has 3 rings (SSSR count). The van der Waals surface area contributed by atoms with Crippen molar-refractivity contribution in [3.8, 4) is 0 Å². The monoisotopic (exact) mass is 362 g/mol. The zero-order valence-electron chi connectivity index (χ0n) is 12.4. The lowest BCUT2D eigenvalue weighted by atomic mass is 10.3. The molecule has 0 aliphatic heterocycles. The van der Waals surface area contributed by atoms with Crippen LogP contribution in [0.15, 0.2) is 69.5 Å². The molecule has 0 spiro atoms. The van der Waals surface area contributed by atoms with Crippen molar-refractivity contribution < 1.29 is 17.6 Å². The van der Waals surface area contributed by atoms with Gasteiger partial charge in [0, 0.05) is 5.69 Å². The lowest BCUT2D eigenvalue weighted by molar-refractivity contribution is 0.103. The third-order valence-electron chi connectivity index (χ3n) is 3.18. The Hall–Kier alpha value is -2.42. The smallest absolute Gasteiger partial charge is 0.265 e. The number of hydrogen-bond acceptors (Lipinski definition) is 5. The molecule has 0 saturated heterocycles. The van der Waals surface area contributed by atoms with Crippen molar-refractivity contribution in [3.63, 3.8) is 0 Å². The Balaban J connectivity index is 1.66. The Morgan fingerprint density at radius 1 is 1.08 bits per heavy atom. The second kappa shape index (κ2) is 7.00. The number of furan rings is 1. The molecule has 24 heavy (non-hydrogen) atoms. The SMILES string of the molecule is O=C(Nc1ccc(S(=O)(=O)NCc2ccco2)cc1)c1cccs1. The molecule has 1 aromatic carbocycles. The molecular weight excluding hydrogens is 348 g/mol. The zero-order valence-corrected chi connectivity index (χ0v) is 14.1. The lowest BCUT2D eigenvalue weighted by Gasteiger charge is -2.07. The van der Waals surface area contributed by atoms with Crippen molar-refractivity contribution in [1.82, 2.24) is 4.72 Å². The Bertz CT molecular complexity index is 900.